The van der Waals surface area contributed by atoms with E-state index in [1.54, 1.807) is 13.0 Å². The quantitative estimate of drug-likeness (QED) is 0.573. The Morgan fingerprint density at radius 1 is 1.55 bits per heavy atom. The number of rotatable bonds is 3. The molecule has 0 bridgehead atoms. The molecule has 0 aromatic heterocycles. The maximum Gasteiger partial charge on any atom is 0.325 e. The number of carboxylic acid groups (broad SMARTS) is 1. The molecule has 0 saturated heterocycles. The first-order chi connectivity index (χ1) is 5.07. The number of nitrogens with one attached hydrogen (secondary N) is 1. The molecule has 0 spiro atoms. The standard InChI is InChI=1S/C7H11NO3/c1-3-4-6(9)8-5(2)7(10)11/h3-5H,1-2H3,(H,8,9)(H,10,11)/t5-/m0/s1. The molecule has 0 saturated carbocycles. The first-order valence-corrected chi connectivity index (χ1v) is 3.24. The molecule has 4 heteroatoms. The molecule has 0 unspecified atom stereocenters. The molecule has 62 valence electrons. The Hall–Kier alpha value is -1.32. The van der Waals surface area contributed by atoms with Crippen LogP contribution in [0, 0.1) is 0 Å². The highest BCUT2D eigenvalue weighted by atomic mass is 16.4. The van der Waals surface area contributed by atoms with Gasteiger partial charge in [-0.25, -0.2) is 0 Å². The van der Waals surface area contributed by atoms with Gasteiger partial charge in [0.25, 0.3) is 0 Å². The minimum atomic E-state index is -1.04. The summed E-state index contributed by atoms with van der Waals surface area (Å²) in [7, 11) is 0. The minimum absolute atomic E-state index is 0.387. The molecule has 0 fully saturated rings. The molecule has 0 radical (unpaired) electrons. The molecule has 2 N–H and O–H groups in total. The monoisotopic (exact) mass is 157 g/mol. The lowest BCUT2D eigenvalue weighted by Gasteiger charge is -2.05. The maximum absolute atomic E-state index is 10.7. The first kappa shape index (κ1) is 9.68. The normalized spacial score (nSPS) is 12.9. The van der Waals surface area contributed by atoms with E-state index in [1.807, 2.05) is 0 Å². The van der Waals surface area contributed by atoms with Crippen LogP contribution in [0.4, 0.5) is 0 Å². The number of allylic oxidation sites excluding steroid dienone is 1. The number of hydrogen-bond acceptors (Lipinski definition) is 2. The van der Waals surface area contributed by atoms with Crippen LogP contribution in [0.1, 0.15) is 13.8 Å². The predicted molar refractivity (Wildman–Crippen MR) is 40.1 cm³/mol. The fraction of sp³-hybridized carbons (Fsp3) is 0.429. The van der Waals surface area contributed by atoms with Gasteiger partial charge in [-0.3, -0.25) is 9.59 Å². The average molecular weight is 157 g/mol. The van der Waals surface area contributed by atoms with Crippen LogP contribution in [-0.2, 0) is 9.59 Å². The van der Waals surface area contributed by atoms with Crippen molar-refractivity contribution in [2.24, 2.45) is 0 Å². The number of carbonyl (C=O) groups is 2. The molecule has 0 rings (SSSR count). The van der Waals surface area contributed by atoms with Gasteiger partial charge in [0.1, 0.15) is 6.04 Å². The van der Waals surface area contributed by atoms with Crippen molar-refractivity contribution < 1.29 is 14.7 Å². The maximum atomic E-state index is 10.7. The molecule has 11 heavy (non-hydrogen) atoms. The molecule has 0 aliphatic carbocycles. The lowest BCUT2D eigenvalue weighted by Crippen LogP contribution is -2.37. The van der Waals surface area contributed by atoms with Gasteiger partial charge in [0.2, 0.25) is 5.91 Å². The number of aliphatic carboxylic acids is 1. The summed E-state index contributed by atoms with van der Waals surface area (Å²) in [5.74, 6) is -1.43. The van der Waals surface area contributed by atoms with E-state index in [0.29, 0.717) is 0 Å². The van der Waals surface area contributed by atoms with Crippen LogP contribution >= 0.6 is 0 Å². The Kier molecular flexibility index (Phi) is 3.95. The van der Waals surface area contributed by atoms with Crippen molar-refractivity contribution >= 4 is 11.9 Å². The molecule has 0 heterocycles. The summed E-state index contributed by atoms with van der Waals surface area (Å²) < 4.78 is 0. The summed E-state index contributed by atoms with van der Waals surface area (Å²) in [5, 5.41) is 10.6. The van der Waals surface area contributed by atoms with E-state index in [0.717, 1.165) is 0 Å². The van der Waals surface area contributed by atoms with Gasteiger partial charge in [0, 0.05) is 0 Å². The topological polar surface area (TPSA) is 66.4 Å². The second-order valence-electron chi connectivity index (χ2n) is 2.07. The fourth-order valence-electron chi connectivity index (χ4n) is 0.475. The van der Waals surface area contributed by atoms with Gasteiger partial charge in [-0.15, -0.1) is 0 Å². The van der Waals surface area contributed by atoms with Gasteiger partial charge in [-0.1, -0.05) is 6.08 Å². The van der Waals surface area contributed by atoms with Crippen LogP contribution in [0.2, 0.25) is 0 Å². The zero-order valence-electron chi connectivity index (χ0n) is 6.50. The van der Waals surface area contributed by atoms with E-state index in [4.69, 9.17) is 5.11 Å². The third-order valence-corrected chi connectivity index (χ3v) is 1.05. The van der Waals surface area contributed by atoms with E-state index >= 15 is 0 Å². The smallest absolute Gasteiger partial charge is 0.325 e. The summed E-state index contributed by atoms with van der Waals surface area (Å²) >= 11 is 0. The molecule has 0 aromatic carbocycles. The van der Waals surface area contributed by atoms with Crippen molar-refractivity contribution in [1.82, 2.24) is 5.32 Å². The van der Waals surface area contributed by atoms with E-state index in [1.165, 1.54) is 13.0 Å². The minimum Gasteiger partial charge on any atom is -0.480 e. The van der Waals surface area contributed by atoms with Crippen molar-refractivity contribution in [3.05, 3.63) is 12.2 Å². The summed E-state index contributed by atoms with van der Waals surface area (Å²) in [6.07, 6.45) is 2.82. The molecule has 0 aliphatic heterocycles. The number of amides is 1. The molecule has 1 atom stereocenters. The third-order valence-electron chi connectivity index (χ3n) is 1.05. The van der Waals surface area contributed by atoms with Crippen LogP contribution in [-0.4, -0.2) is 23.0 Å². The van der Waals surface area contributed by atoms with E-state index in [9.17, 15) is 9.59 Å². The average Bonchev–Trinajstić information content (AvgIpc) is 1.87. The summed E-state index contributed by atoms with van der Waals surface area (Å²) in [5.41, 5.74) is 0. The van der Waals surface area contributed by atoms with Crippen molar-refractivity contribution in [3.8, 4) is 0 Å². The summed E-state index contributed by atoms with van der Waals surface area (Å²) in [6.45, 7) is 3.09. The molecule has 0 aliphatic rings. The van der Waals surface area contributed by atoms with Crippen molar-refractivity contribution in [2.45, 2.75) is 19.9 Å². The molecule has 1 amide bonds. The SMILES string of the molecule is CC=CC(=O)N[C@@H](C)C(=O)O. The number of carboxylic acids is 1. The van der Waals surface area contributed by atoms with Crippen molar-refractivity contribution in [3.63, 3.8) is 0 Å². The Labute approximate surface area is 64.9 Å². The highest BCUT2D eigenvalue weighted by molar-refractivity contribution is 5.90. The predicted octanol–water partition coefficient (Wildman–Crippen LogP) is 0.152. The van der Waals surface area contributed by atoms with E-state index < -0.39 is 12.0 Å². The molecular formula is C7H11NO3. The molecular weight excluding hydrogens is 146 g/mol. The summed E-state index contributed by atoms with van der Waals surface area (Å²) in [6, 6.07) is -0.835. The molecule has 0 aromatic rings. The second kappa shape index (κ2) is 4.49. The van der Waals surface area contributed by atoms with Crippen LogP contribution in [0.3, 0.4) is 0 Å². The Balaban J connectivity index is 3.85. The number of hydrogen-bond donors (Lipinski definition) is 2. The van der Waals surface area contributed by atoms with Crippen molar-refractivity contribution in [2.75, 3.05) is 0 Å². The zero-order chi connectivity index (χ0) is 8.85. The van der Waals surface area contributed by atoms with E-state index in [-0.39, 0.29) is 5.91 Å². The first-order valence-electron chi connectivity index (χ1n) is 3.24. The van der Waals surface area contributed by atoms with Gasteiger partial charge in [-0.2, -0.15) is 0 Å². The van der Waals surface area contributed by atoms with Crippen LogP contribution < -0.4 is 5.32 Å². The van der Waals surface area contributed by atoms with Crippen molar-refractivity contribution in [1.29, 1.82) is 0 Å². The van der Waals surface area contributed by atoms with Crippen LogP contribution in [0.15, 0.2) is 12.2 Å². The van der Waals surface area contributed by atoms with Gasteiger partial charge in [0.05, 0.1) is 0 Å². The van der Waals surface area contributed by atoms with Gasteiger partial charge in [0.15, 0.2) is 0 Å². The lowest BCUT2D eigenvalue weighted by molar-refractivity contribution is -0.140. The van der Waals surface area contributed by atoms with Gasteiger partial charge in [-0.05, 0) is 19.9 Å². The second-order valence-corrected chi connectivity index (χ2v) is 2.07. The Morgan fingerprint density at radius 3 is 2.45 bits per heavy atom. The largest absolute Gasteiger partial charge is 0.480 e. The summed E-state index contributed by atoms with van der Waals surface area (Å²) in [4.78, 5) is 20.9. The Bertz CT molecular complexity index is 186. The highest BCUT2D eigenvalue weighted by Gasteiger charge is 2.10. The van der Waals surface area contributed by atoms with Gasteiger partial charge < -0.3 is 10.4 Å². The molecule has 4 nitrogen and oxygen atoms in total. The van der Waals surface area contributed by atoms with Crippen LogP contribution in [0.5, 0.6) is 0 Å². The lowest BCUT2D eigenvalue weighted by atomic mass is 10.3. The Morgan fingerprint density at radius 2 is 2.09 bits per heavy atom. The van der Waals surface area contributed by atoms with E-state index in [2.05, 4.69) is 5.32 Å². The zero-order valence-corrected chi connectivity index (χ0v) is 6.50. The number of carbonyl (C=O) groups excluding carboxylic acids is 1. The third kappa shape index (κ3) is 4.13. The van der Waals surface area contributed by atoms with Crippen LogP contribution in [0.25, 0.3) is 0 Å². The fourth-order valence-corrected chi connectivity index (χ4v) is 0.475. The highest BCUT2D eigenvalue weighted by Crippen LogP contribution is 1.81. The van der Waals surface area contributed by atoms with Gasteiger partial charge >= 0.3 is 5.97 Å².